The topological polar surface area (TPSA) is 92.4 Å². The molecule has 4 N–H and O–H groups in total. The van der Waals surface area contributed by atoms with Crippen molar-refractivity contribution in [2.45, 2.75) is 0 Å². The van der Waals surface area contributed by atoms with Crippen LogP contribution in [0.15, 0.2) is 36.4 Å². The molecule has 108 valence electrons. The Morgan fingerprint density at radius 2 is 1.81 bits per heavy atom. The van der Waals surface area contributed by atoms with Crippen molar-refractivity contribution in [2.75, 3.05) is 11.1 Å². The van der Waals surface area contributed by atoms with Crippen LogP contribution < -0.4 is 11.1 Å². The van der Waals surface area contributed by atoms with Gasteiger partial charge in [0.05, 0.1) is 27.5 Å². The van der Waals surface area contributed by atoms with Gasteiger partial charge in [0.25, 0.3) is 5.91 Å². The molecule has 0 unspecified atom stereocenters. The van der Waals surface area contributed by atoms with E-state index in [1.165, 1.54) is 30.3 Å². The molecule has 0 saturated carbocycles. The maximum atomic E-state index is 12.1. The number of hydrogen-bond donors (Lipinski definition) is 3. The highest BCUT2D eigenvalue weighted by Gasteiger charge is 2.13. The Kier molecular flexibility index (Phi) is 4.35. The van der Waals surface area contributed by atoms with E-state index in [0.717, 1.165) is 0 Å². The number of aromatic carboxylic acids is 1. The van der Waals surface area contributed by atoms with Crippen molar-refractivity contribution in [2.24, 2.45) is 0 Å². The summed E-state index contributed by atoms with van der Waals surface area (Å²) in [4.78, 5) is 22.9. The van der Waals surface area contributed by atoms with Crippen molar-refractivity contribution in [3.05, 3.63) is 57.6 Å². The molecule has 2 aromatic carbocycles. The van der Waals surface area contributed by atoms with Gasteiger partial charge in [-0.3, -0.25) is 4.79 Å². The van der Waals surface area contributed by atoms with E-state index in [9.17, 15) is 9.59 Å². The predicted octanol–water partition coefficient (Wildman–Crippen LogP) is 3.53. The fourth-order valence-electron chi connectivity index (χ4n) is 1.67. The number of amides is 1. The second-order valence-corrected chi connectivity index (χ2v) is 5.03. The summed E-state index contributed by atoms with van der Waals surface area (Å²) in [7, 11) is 0. The second kappa shape index (κ2) is 6.03. The van der Waals surface area contributed by atoms with E-state index >= 15 is 0 Å². The Morgan fingerprint density at radius 3 is 2.38 bits per heavy atom. The van der Waals surface area contributed by atoms with Gasteiger partial charge < -0.3 is 16.2 Å². The van der Waals surface area contributed by atoms with E-state index in [-0.39, 0.29) is 21.8 Å². The van der Waals surface area contributed by atoms with Gasteiger partial charge in [-0.05, 0) is 36.4 Å². The zero-order chi connectivity index (χ0) is 15.6. The Bertz CT molecular complexity index is 732. The zero-order valence-electron chi connectivity index (χ0n) is 10.6. The Morgan fingerprint density at radius 1 is 1.10 bits per heavy atom. The van der Waals surface area contributed by atoms with Crippen LogP contribution in [0.2, 0.25) is 10.0 Å². The van der Waals surface area contributed by atoms with Crippen LogP contribution in [0.1, 0.15) is 20.7 Å². The summed E-state index contributed by atoms with van der Waals surface area (Å²) in [5.74, 6) is -1.56. The van der Waals surface area contributed by atoms with Gasteiger partial charge in [0.1, 0.15) is 0 Å². The lowest BCUT2D eigenvalue weighted by Gasteiger charge is -2.10. The molecule has 0 aliphatic heterocycles. The molecule has 0 heterocycles. The Labute approximate surface area is 130 Å². The van der Waals surface area contributed by atoms with Crippen LogP contribution in [0.25, 0.3) is 0 Å². The lowest BCUT2D eigenvalue weighted by Crippen LogP contribution is -2.14. The molecule has 0 aliphatic carbocycles. The third-order valence-electron chi connectivity index (χ3n) is 2.72. The third-order valence-corrected chi connectivity index (χ3v) is 3.27. The lowest BCUT2D eigenvalue weighted by molar-refractivity contribution is 0.0697. The van der Waals surface area contributed by atoms with Crippen LogP contribution in [0.3, 0.4) is 0 Å². The van der Waals surface area contributed by atoms with E-state index in [2.05, 4.69) is 5.32 Å². The summed E-state index contributed by atoms with van der Waals surface area (Å²) < 4.78 is 0. The first-order valence-corrected chi connectivity index (χ1v) is 6.53. The minimum Gasteiger partial charge on any atom is -0.478 e. The highest BCUT2D eigenvalue weighted by molar-refractivity contribution is 6.37. The monoisotopic (exact) mass is 324 g/mol. The minimum absolute atomic E-state index is 0.0371. The summed E-state index contributed by atoms with van der Waals surface area (Å²) >= 11 is 11.7. The average molecular weight is 325 g/mol. The van der Waals surface area contributed by atoms with Crippen molar-refractivity contribution in [3.8, 4) is 0 Å². The Hall–Kier alpha value is -2.24. The number of halogens is 2. The highest BCUT2D eigenvalue weighted by Crippen LogP contribution is 2.24. The standard InChI is InChI=1S/C14H10Cl2N2O3/c15-8-2-3-9(10(16)6-8)13(19)18-12-4-1-7(14(20)21)5-11(12)17/h1-6H,17H2,(H,18,19)(H,20,21). The van der Waals surface area contributed by atoms with Gasteiger partial charge in [-0.25, -0.2) is 4.79 Å². The molecule has 0 aromatic heterocycles. The fraction of sp³-hybridized carbons (Fsp3) is 0. The van der Waals surface area contributed by atoms with E-state index in [1.54, 1.807) is 6.07 Å². The number of benzene rings is 2. The molecule has 0 aliphatic rings. The molecule has 0 spiro atoms. The van der Waals surface area contributed by atoms with Gasteiger partial charge in [-0.15, -0.1) is 0 Å². The first-order valence-electron chi connectivity index (χ1n) is 5.77. The first-order chi connectivity index (χ1) is 9.88. The summed E-state index contributed by atoms with van der Waals surface area (Å²) in [6.07, 6.45) is 0. The van der Waals surface area contributed by atoms with Crippen molar-refractivity contribution in [1.82, 2.24) is 0 Å². The molecular formula is C14H10Cl2N2O3. The van der Waals surface area contributed by atoms with Crippen molar-refractivity contribution in [3.63, 3.8) is 0 Å². The number of carbonyl (C=O) groups excluding carboxylic acids is 1. The normalized spacial score (nSPS) is 10.2. The molecule has 0 atom stereocenters. The lowest BCUT2D eigenvalue weighted by atomic mass is 10.1. The quantitative estimate of drug-likeness (QED) is 0.753. The Balaban J connectivity index is 2.25. The van der Waals surface area contributed by atoms with E-state index in [4.69, 9.17) is 34.0 Å². The van der Waals surface area contributed by atoms with E-state index < -0.39 is 11.9 Å². The number of anilines is 2. The van der Waals surface area contributed by atoms with Crippen LogP contribution in [-0.4, -0.2) is 17.0 Å². The van der Waals surface area contributed by atoms with Crippen LogP contribution >= 0.6 is 23.2 Å². The maximum absolute atomic E-state index is 12.1. The number of carbonyl (C=O) groups is 2. The number of carboxylic acid groups (broad SMARTS) is 1. The minimum atomic E-state index is -1.10. The zero-order valence-corrected chi connectivity index (χ0v) is 12.1. The summed E-state index contributed by atoms with van der Waals surface area (Å²) in [5, 5.41) is 12.0. The summed E-state index contributed by atoms with van der Waals surface area (Å²) in [6.45, 7) is 0. The third kappa shape index (κ3) is 3.45. The molecule has 0 fully saturated rings. The van der Waals surface area contributed by atoms with Crippen molar-refractivity contribution in [1.29, 1.82) is 0 Å². The van der Waals surface area contributed by atoms with Crippen molar-refractivity contribution >= 4 is 46.5 Å². The fourth-order valence-corrected chi connectivity index (χ4v) is 2.17. The molecule has 2 rings (SSSR count). The molecular weight excluding hydrogens is 315 g/mol. The van der Waals surface area contributed by atoms with Gasteiger partial charge in [0.15, 0.2) is 0 Å². The van der Waals surface area contributed by atoms with E-state index in [0.29, 0.717) is 10.7 Å². The van der Waals surface area contributed by atoms with Crippen LogP contribution in [0.4, 0.5) is 11.4 Å². The van der Waals surface area contributed by atoms with Gasteiger partial charge >= 0.3 is 5.97 Å². The average Bonchev–Trinajstić information content (AvgIpc) is 2.40. The van der Waals surface area contributed by atoms with Gasteiger partial charge in [0, 0.05) is 5.02 Å². The highest BCUT2D eigenvalue weighted by atomic mass is 35.5. The molecule has 5 nitrogen and oxygen atoms in total. The number of nitrogens with one attached hydrogen (secondary N) is 1. The summed E-state index contributed by atoms with van der Waals surface area (Å²) in [5.41, 5.74) is 6.44. The van der Waals surface area contributed by atoms with Crippen molar-refractivity contribution < 1.29 is 14.7 Å². The van der Waals surface area contributed by atoms with Gasteiger partial charge in [-0.1, -0.05) is 23.2 Å². The second-order valence-electron chi connectivity index (χ2n) is 4.19. The van der Waals surface area contributed by atoms with Crippen LogP contribution in [0.5, 0.6) is 0 Å². The number of carboxylic acids is 1. The van der Waals surface area contributed by atoms with Gasteiger partial charge in [0.2, 0.25) is 0 Å². The number of hydrogen-bond acceptors (Lipinski definition) is 3. The molecule has 0 radical (unpaired) electrons. The molecule has 1 amide bonds. The largest absolute Gasteiger partial charge is 0.478 e. The maximum Gasteiger partial charge on any atom is 0.335 e. The first kappa shape index (κ1) is 15.2. The van der Waals surface area contributed by atoms with Crippen LogP contribution in [-0.2, 0) is 0 Å². The van der Waals surface area contributed by atoms with E-state index in [1.807, 2.05) is 0 Å². The SMILES string of the molecule is Nc1cc(C(=O)O)ccc1NC(=O)c1ccc(Cl)cc1Cl. The molecule has 0 bridgehead atoms. The molecule has 2 aromatic rings. The number of nitrogen functional groups attached to an aromatic ring is 1. The number of nitrogens with two attached hydrogens (primary N) is 1. The summed E-state index contributed by atoms with van der Waals surface area (Å²) in [6, 6.07) is 8.51. The molecule has 0 saturated heterocycles. The predicted molar refractivity (Wildman–Crippen MR) is 82.2 cm³/mol. The van der Waals surface area contributed by atoms with Crippen LogP contribution in [0, 0.1) is 0 Å². The molecule has 7 heteroatoms. The smallest absolute Gasteiger partial charge is 0.335 e. The molecule has 21 heavy (non-hydrogen) atoms. The van der Waals surface area contributed by atoms with Gasteiger partial charge in [-0.2, -0.15) is 0 Å². The number of rotatable bonds is 3.